The third-order valence-electron chi connectivity index (χ3n) is 8.34. The van der Waals surface area contributed by atoms with Gasteiger partial charge in [-0.25, -0.2) is 14.6 Å². The van der Waals surface area contributed by atoms with Gasteiger partial charge in [-0.15, -0.1) is 0 Å². The van der Waals surface area contributed by atoms with Crippen LogP contribution in [0.15, 0.2) is 18.2 Å². The molecule has 3 atom stereocenters. The van der Waals surface area contributed by atoms with Crippen molar-refractivity contribution in [3.05, 3.63) is 40.8 Å². The molecule has 39 heavy (non-hydrogen) atoms. The van der Waals surface area contributed by atoms with E-state index < -0.39 is 18.1 Å². The summed E-state index contributed by atoms with van der Waals surface area (Å²) in [5.74, 6) is 0.562. The normalized spacial score (nSPS) is 24.8. The number of carboxylic acids is 1. The zero-order valence-electron chi connectivity index (χ0n) is 23.0. The van der Waals surface area contributed by atoms with Crippen LogP contribution in [0, 0.1) is 19.8 Å². The second-order valence-electron chi connectivity index (χ2n) is 11.3. The van der Waals surface area contributed by atoms with Crippen LogP contribution in [0.3, 0.4) is 0 Å². The summed E-state index contributed by atoms with van der Waals surface area (Å²) < 4.78 is 13.5. The molecule has 0 saturated heterocycles. The largest absolute Gasteiger partial charge is 0.480 e. The van der Waals surface area contributed by atoms with E-state index in [4.69, 9.17) is 14.5 Å². The second kappa shape index (κ2) is 12.4. The molecule has 10 nitrogen and oxygen atoms in total. The molecule has 2 fully saturated rings. The van der Waals surface area contributed by atoms with E-state index in [0.29, 0.717) is 5.92 Å². The molecule has 1 unspecified atom stereocenters. The summed E-state index contributed by atoms with van der Waals surface area (Å²) in [6, 6.07) is 5.28. The average molecular weight is 540 g/mol. The Morgan fingerprint density at radius 2 is 2.08 bits per heavy atom. The van der Waals surface area contributed by atoms with Crippen molar-refractivity contribution in [1.29, 1.82) is 0 Å². The standard InChI is InChI=1S/C29H41N5O5/c1-18-15-19(2)34(33-18)25-6-3-7-26(25)39-29(37)32-24(28(35)36)12-14-38-23-16-20(17-23)8-10-22-11-9-21-5-4-13-30-27(21)31-22/h9,11,15,20,23-26H,3-8,10,12-14,16-17H2,1-2H3,(H,30,31)(H,32,37)(H,35,36)/t20?,23?,24-,25?,26-/m0/s1. The van der Waals surface area contributed by atoms with Crippen molar-refractivity contribution in [2.75, 3.05) is 18.5 Å². The monoisotopic (exact) mass is 539 g/mol. The Kier molecular flexibility index (Phi) is 8.69. The number of aryl methyl sites for hydroxylation is 4. The lowest BCUT2D eigenvalue weighted by Gasteiger charge is -2.35. The van der Waals surface area contributed by atoms with Crippen molar-refractivity contribution in [3.8, 4) is 0 Å². The average Bonchev–Trinajstić information content (AvgIpc) is 3.48. The number of carboxylic acid groups (broad SMARTS) is 1. The van der Waals surface area contributed by atoms with Gasteiger partial charge < -0.3 is 25.2 Å². The van der Waals surface area contributed by atoms with Gasteiger partial charge in [0.2, 0.25) is 0 Å². The quantitative estimate of drug-likeness (QED) is 0.385. The number of aliphatic carboxylic acids is 1. The summed E-state index contributed by atoms with van der Waals surface area (Å²) in [6.07, 6.45) is 8.12. The number of nitrogens with one attached hydrogen (secondary N) is 2. The molecule has 212 valence electrons. The van der Waals surface area contributed by atoms with Crippen LogP contribution < -0.4 is 10.6 Å². The topological polar surface area (TPSA) is 128 Å². The van der Waals surface area contributed by atoms with Gasteiger partial charge in [0.25, 0.3) is 0 Å². The van der Waals surface area contributed by atoms with Crippen LogP contribution in [0.2, 0.25) is 0 Å². The van der Waals surface area contributed by atoms with Gasteiger partial charge in [-0.05, 0) is 95.2 Å². The molecule has 2 aromatic rings. The highest BCUT2D eigenvalue weighted by atomic mass is 16.6. The van der Waals surface area contributed by atoms with E-state index in [9.17, 15) is 14.7 Å². The first kappa shape index (κ1) is 27.4. The number of nitrogens with zero attached hydrogens (tertiary/aromatic N) is 3. The molecule has 0 aromatic carbocycles. The molecular weight excluding hydrogens is 498 g/mol. The maximum absolute atomic E-state index is 12.6. The highest BCUT2D eigenvalue weighted by Crippen LogP contribution is 2.35. The summed E-state index contributed by atoms with van der Waals surface area (Å²) in [6.45, 7) is 5.21. The van der Waals surface area contributed by atoms with Crippen LogP contribution in [0.1, 0.15) is 80.1 Å². The Labute approximate surface area is 229 Å². The zero-order chi connectivity index (χ0) is 27.4. The predicted molar refractivity (Wildman–Crippen MR) is 146 cm³/mol. The van der Waals surface area contributed by atoms with Gasteiger partial charge in [-0.1, -0.05) is 6.07 Å². The minimum atomic E-state index is -1.09. The molecule has 0 radical (unpaired) electrons. The molecule has 2 aliphatic carbocycles. The number of carbonyl (C=O) groups excluding carboxylic acids is 1. The highest BCUT2D eigenvalue weighted by Gasteiger charge is 2.35. The van der Waals surface area contributed by atoms with Crippen LogP contribution in [0.4, 0.5) is 10.6 Å². The van der Waals surface area contributed by atoms with E-state index >= 15 is 0 Å². The van der Waals surface area contributed by atoms with Crippen LogP contribution in [-0.2, 0) is 27.1 Å². The SMILES string of the molecule is Cc1cc(C)n(C2CCC[C@@H]2OC(=O)N[C@@H](CCOC2CC(CCc3ccc4c(n3)NCCC4)C2)C(=O)O)n1. The molecule has 0 spiro atoms. The van der Waals surface area contributed by atoms with Crippen molar-refractivity contribution in [1.82, 2.24) is 20.1 Å². The van der Waals surface area contributed by atoms with Gasteiger partial charge >= 0.3 is 12.1 Å². The van der Waals surface area contributed by atoms with Crippen LogP contribution in [0.5, 0.6) is 0 Å². The van der Waals surface area contributed by atoms with Crippen molar-refractivity contribution in [3.63, 3.8) is 0 Å². The summed E-state index contributed by atoms with van der Waals surface area (Å²) >= 11 is 0. The Morgan fingerprint density at radius 1 is 1.23 bits per heavy atom. The van der Waals surface area contributed by atoms with Gasteiger partial charge in [-0.3, -0.25) is 4.68 Å². The molecule has 2 saturated carbocycles. The molecular formula is C29H41N5O5. The van der Waals surface area contributed by atoms with E-state index in [2.05, 4.69) is 27.9 Å². The Balaban J connectivity index is 1.000. The molecule has 3 aliphatic rings. The number of rotatable bonds is 11. The lowest BCUT2D eigenvalue weighted by molar-refractivity contribution is -0.140. The maximum Gasteiger partial charge on any atom is 0.408 e. The van der Waals surface area contributed by atoms with Crippen molar-refractivity contribution in [2.24, 2.45) is 5.92 Å². The van der Waals surface area contributed by atoms with E-state index in [-0.39, 0.29) is 31.3 Å². The number of anilines is 1. The molecule has 1 amide bonds. The lowest BCUT2D eigenvalue weighted by atomic mass is 9.79. The lowest BCUT2D eigenvalue weighted by Crippen LogP contribution is -2.44. The second-order valence-corrected chi connectivity index (χ2v) is 11.3. The fourth-order valence-corrected chi connectivity index (χ4v) is 6.14. The minimum Gasteiger partial charge on any atom is -0.480 e. The molecule has 3 N–H and O–H groups in total. The number of alkyl carbamates (subject to hydrolysis) is 1. The van der Waals surface area contributed by atoms with Crippen molar-refractivity contribution < 1.29 is 24.2 Å². The number of pyridine rings is 1. The van der Waals surface area contributed by atoms with E-state index in [1.54, 1.807) is 0 Å². The summed E-state index contributed by atoms with van der Waals surface area (Å²) in [5.41, 5.74) is 4.40. The first-order valence-corrected chi connectivity index (χ1v) is 14.4. The maximum atomic E-state index is 12.6. The van der Waals surface area contributed by atoms with Crippen LogP contribution >= 0.6 is 0 Å². The smallest absolute Gasteiger partial charge is 0.408 e. The molecule has 2 aromatic heterocycles. The van der Waals surface area contributed by atoms with Crippen molar-refractivity contribution in [2.45, 2.75) is 102 Å². The third kappa shape index (κ3) is 6.90. The van der Waals surface area contributed by atoms with Gasteiger partial charge in [0.05, 0.1) is 17.8 Å². The number of carbonyl (C=O) groups is 2. The van der Waals surface area contributed by atoms with Crippen molar-refractivity contribution >= 4 is 17.9 Å². The molecule has 3 heterocycles. The summed E-state index contributed by atoms with van der Waals surface area (Å²) in [7, 11) is 0. The van der Waals surface area contributed by atoms with Crippen LogP contribution in [0.25, 0.3) is 0 Å². The first-order valence-electron chi connectivity index (χ1n) is 14.4. The molecule has 1 aliphatic heterocycles. The summed E-state index contributed by atoms with van der Waals surface area (Å²) in [5, 5.41) is 20.1. The molecule has 0 bridgehead atoms. The Morgan fingerprint density at radius 3 is 2.85 bits per heavy atom. The van der Waals surface area contributed by atoms with Gasteiger partial charge in [0.15, 0.2) is 0 Å². The summed E-state index contributed by atoms with van der Waals surface area (Å²) in [4.78, 5) is 29.1. The third-order valence-corrected chi connectivity index (χ3v) is 8.34. The highest BCUT2D eigenvalue weighted by molar-refractivity contribution is 5.79. The number of ether oxygens (including phenoxy) is 2. The number of amides is 1. The molecule has 10 heteroatoms. The van der Waals surface area contributed by atoms with E-state index in [1.807, 2.05) is 24.6 Å². The fourth-order valence-electron chi connectivity index (χ4n) is 6.14. The number of hydrogen-bond donors (Lipinski definition) is 3. The van der Waals surface area contributed by atoms with Gasteiger partial charge in [0.1, 0.15) is 18.0 Å². The number of hydrogen-bond acceptors (Lipinski definition) is 7. The van der Waals surface area contributed by atoms with E-state index in [1.165, 1.54) is 5.56 Å². The zero-order valence-corrected chi connectivity index (χ0v) is 23.0. The Bertz CT molecular complexity index is 1160. The molecule has 5 rings (SSSR count). The van der Waals surface area contributed by atoms with Gasteiger partial charge in [0, 0.05) is 31.0 Å². The van der Waals surface area contributed by atoms with E-state index in [0.717, 1.165) is 87.2 Å². The fraction of sp³-hybridized carbons (Fsp3) is 0.655. The number of fused-ring (bicyclic) bond motifs is 1. The Hall–Kier alpha value is -3.14. The first-order chi connectivity index (χ1) is 18.9. The van der Waals surface area contributed by atoms with Gasteiger partial charge in [-0.2, -0.15) is 5.10 Å². The predicted octanol–water partition coefficient (Wildman–Crippen LogP) is 4.34. The van der Waals surface area contributed by atoms with Crippen LogP contribution in [-0.4, -0.2) is 63.3 Å². The number of aromatic nitrogens is 3. The minimum absolute atomic E-state index is 0.0256.